The number of amides is 4. The maximum absolute atomic E-state index is 12.6. The molecule has 0 aromatic carbocycles. The van der Waals surface area contributed by atoms with Gasteiger partial charge >= 0.3 is 6.03 Å². The van der Waals surface area contributed by atoms with Gasteiger partial charge in [-0.1, -0.05) is 12.8 Å². The highest BCUT2D eigenvalue weighted by atomic mass is 16.5. The van der Waals surface area contributed by atoms with Crippen molar-refractivity contribution in [3.05, 3.63) is 0 Å². The van der Waals surface area contributed by atoms with E-state index >= 15 is 0 Å². The van der Waals surface area contributed by atoms with Crippen molar-refractivity contribution in [1.82, 2.24) is 10.2 Å². The van der Waals surface area contributed by atoms with E-state index in [1.54, 1.807) is 6.92 Å². The molecule has 19 heavy (non-hydrogen) atoms. The number of carbonyl (C=O) groups excluding carboxylic acids is 3. The second-order valence-electron chi connectivity index (χ2n) is 5.23. The van der Waals surface area contributed by atoms with Crippen molar-refractivity contribution in [3.8, 4) is 0 Å². The fourth-order valence-corrected chi connectivity index (χ4v) is 2.88. The van der Waals surface area contributed by atoms with E-state index in [4.69, 9.17) is 4.74 Å². The molecule has 0 aromatic heterocycles. The van der Waals surface area contributed by atoms with Crippen LogP contribution in [0.25, 0.3) is 0 Å². The van der Waals surface area contributed by atoms with Crippen LogP contribution in [0.1, 0.15) is 39.5 Å². The first-order valence-electron chi connectivity index (χ1n) is 6.79. The van der Waals surface area contributed by atoms with Gasteiger partial charge in [-0.15, -0.1) is 0 Å². The maximum Gasteiger partial charge on any atom is 0.331 e. The van der Waals surface area contributed by atoms with Crippen molar-refractivity contribution in [2.75, 3.05) is 13.2 Å². The van der Waals surface area contributed by atoms with E-state index in [9.17, 15) is 14.4 Å². The van der Waals surface area contributed by atoms with Crippen molar-refractivity contribution in [1.29, 1.82) is 0 Å². The first-order chi connectivity index (χ1) is 9.03. The van der Waals surface area contributed by atoms with Crippen LogP contribution in [0, 0.1) is 5.41 Å². The number of hydrogen-bond acceptors (Lipinski definition) is 4. The summed E-state index contributed by atoms with van der Waals surface area (Å²) in [5.41, 5.74) is -1.02. The van der Waals surface area contributed by atoms with Gasteiger partial charge in [-0.2, -0.15) is 0 Å². The molecular formula is C13H20N2O4. The fourth-order valence-electron chi connectivity index (χ4n) is 2.88. The lowest BCUT2D eigenvalue weighted by Crippen LogP contribution is -2.65. The van der Waals surface area contributed by atoms with E-state index in [0.29, 0.717) is 26.1 Å². The van der Waals surface area contributed by atoms with Crippen molar-refractivity contribution in [2.24, 2.45) is 5.41 Å². The molecule has 1 N–H and O–H groups in total. The Bertz CT molecular complexity index is 401. The molecule has 2 fully saturated rings. The van der Waals surface area contributed by atoms with Gasteiger partial charge in [0.15, 0.2) is 0 Å². The lowest BCUT2D eigenvalue weighted by molar-refractivity contribution is -0.153. The highest BCUT2D eigenvalue weighted by Crippen LogP contribution is 2.42. The lowest BCUT2D eigenvalue weighted by Gasteiger charge is -2.39. The molecule has 0 radical (unpaired) electrons. The summed E-state index contributed by atoms with van der Waals surface area (Å²) in [4.78, 5) is 37.6. The molecule has 1 atom stereocenters. The Morgan fingerprint density at radius 2 is 1.95 bits per heavy atom. The predicted octanol–water partition coefficient (Wildman–Crippen LogP) is 1.05. The zero-order valence-electron chi connectivity index (χ0n) is 11.4. The molecule has 1 aliphatic carbocycles. The number of nitrogens with zero attached hydrogens (tertiary/aromatic N) is 1. The summed E-state index contributed by atoms with van der Waals surface area (Å²) in [6.07, 6.45) is 2.76. The summed E-state index contributed by atoms with van der Waals surface area (Å²) in [5, 5.41) is 2.32. The smallest absolute Gasteiger partial charge is 0.331 e. The molecule has 1 heterocycles. The number of carbonyl (C=O) groups is 3. The van der Waals surface area contributed by atoms with E-state index < -0.39 is 17.4 Å². The molecule has 1 aliphatic heterocycles. The summed E-state index contributed by atoms with van der Waals surface area (Å²) in [6, 6.07) is -0.988. The zero-order valence-corrected chi connectivity index (χ0v) is 11.4. The van der Waals surface area contributed by atoms with Crippen LogP contribution in [0.2, 0.25) is 0 Å². The fraction of sp³-hybridized carbons (Fsp3) is 0.769. The van der Waals surface area contributed by atoms with E-state index in [2.05, 4.69) is 5.32 Å². The van der Waals surface area contributed by atoms with Crippen molar-refractivity contribution < 1.29 is 19.1 Å². The highest BCUT2D eigenvalue weighted by molar-refractivity contribution is 6.19. The monoisotopic (exact) mass is 268 g/mol. The Hall–Kier alpha value is -1.43. The molecule has 6 heteroatoms. The molecule has 1 unspecified atom stereocenters. The minimum atomic E-state index is -1.02. The molecule has 1 saturated heterocycles. The standard InChI is InChI=1S/C13H20N2O4/c1-3-19-8-9(2)15-11(17)13(6-4-5-7-13)10(16)14-12(15)18/h9H,3-8H2,1-2H3,(H,14,16,18). The van der Waals surface area contributed by atoms with Crippen LogP contribution in [0.15, 0.2) is 0 Å². The Balaban J connectivity index is 2.21. The summed E-state index contributed by atoms with van der Waals surface area (Å²) < 4.78 is 5.26. The van der Waals surface area contributed by atoms with Crippen LogP contribution in [-0.4, -0.2) is 42.0 Å². The number of urea groups is 1. The van der Waals surface area contributed by atoms with E-state index in [0.717, 1.165) is 17.7 Å². The maximum atomic E-state index is 12.6. The molecule has 2 aliphatic rings. The molecule has 4 amide bonds. The van der Waals surface area contributed by atoms with Gasteiger partial charge in [0, 0.05) is 6.61 Å². The Morgan fingerprint density at radius 1 is 1.32 bits per heavy atom. The molecule has 0 bridgehead atoms. The summed E-state index contributed by atoms with van der Waals surface area (Å²) in [6.45, 7) is 4.43. The number of hydrogen-bond donors (Lipinski definition) is 1. The van der Waals surface area contributed by atoms with E-state index in [1.165, 1.54) is 0 Å². The normalized spacial score (nSPS) is 23.9. The first-order valence-corrected chi connectivity index (χ1v) is 6.79. The topological polar surface area (TPSA) is 75.7 Å². The second kappa shape index (κ2) is 5.28. The van der Waals surface area contributed by atoms with Gasteiger partial charge in [0.2, 0.25) is 11.8 Å². The van der Waals surface area contributed by atoms with Crippen LogP contribution in [0.4, 0.5) is 4.79 Å². The van der Waals surface area contributed by atoms with Gasteiger partial charge in [0.05, 0.1) is 12.6 Å². The number of nitrogens with one attached hydrogen (secondary N) is 1. The number of rotatable bonds is 4. The predicted molar refractivity (Wildman–Crippen MR) is 67.2 cm³/mol. The van der Waals surface area contributed by atoms with Gasteiger partial charge in [0.1, 0.15) is 5.41 Å². The van der Waals surface area contributed by atoms with E-state index in [-0.39, 0.29) is 11.9 Å². The highest BCUT2D eigenvalue weighted by Gasteiger charge is 2.55. The molecule has 0 aromatic rings. The minimum Gasteiger partial charge on any atom is -0.380 e. The van der Waals surface area contributed by atoms with Crippen LogP contribution >= 0.6 is 0 Å². The van der Waals surface area contributed by atoms with Crippen molar-refractivity contribution in [3.63, 3.8) is 0 Å². The minimum absolute atomic E-state index is 0.292. The average Bonchev–Trinajstić information content (AvgIpc) is 2.85. The van der Waals surface area contributed by atoms with Gasteiger partial charge in [0.25, 0.3) is 0 Å². The number of barbiturate groups is 1. The van der Waals surface area contributed by atoms with Crippen LogP contribution in [-0.2, 0) is 14.3 Å². The summed E-state index contributed by atoms with van der Waals surface area (Å²) in [7, 11) is 0. The molecule has 2 rings (SSSR count). The quantitative estimate of drug-likeness (QED) is 0.773. The van der Waals surface area contributed by atoms with E-state index in [1.807, 2.05) is 6.92 Å². The van der Waals surface area contributed by atoms with Gasteiger partial charge in [-0.25, -0.2) is 4.79 Å². The van der Waals surface area contributed by atoms with Crippen LogP contribution < -0.4 is 5.32 Å². The number of ether oxygens (including phenoxy) is 1. The Kier molecular flexibility index (Phi) is 3.89. The molecule has 6 nitrogen and oxygen atoms in total. The van der Waals surface area contributed by atoms with Crippen LogP contribution in [0.3, 0.4) is 0 Å². The lowest BCUT2D eigenvalue weighted by atomic mass is 9.81. The van der Waals surface area contributed by atoms with Gasteiger partial charge in [-0.3, -0.25) is 19.8 Å². The van der Waals surface area contributed by atoms with Gasteiger partial charge in [-0.05, 0) is 26.7 Å². The second-order valence-corrected chi connectivity index (χ2v) is 5.23. The van der Waals surface area contributed by atoms with Gasteiger partial charge < -0.3 is 4.74 Å². The summed E-state index contributed by atoms with van der Waals surface area (Å²) in [5.74, 6) is -0.786. The Morgan fingerprint density at radius 3 is 2.53 bits per heavy atom. The zero-order chi connectivity index (χ0) is 14.0. The molecule has 1 saturated carbocycles. The first kappa shape index (κ1) is 14.0. The molecule has 1 spiro atoms. The largest absolute Gasteiger partial charge is 0.380 e. The number of imide groups is 2. The molecular weight excluding hydrogens is 248 g/mol. The van der Waals surface area contributed by atoms with Crippen molar-refractivity contribution in [2.45, 2.75) is 45.6 Å². The third kappa shape index (κ3) is 2.25. The van der Waals surface area contributed by atoms with Crippen LogP contribution in [0.5, 0.6) is 0 Å². The third-order valence-corrected chi connectivity index (χ3v) is 3.96. The summed E-state index contributed by atoms with van der Waals surface area (Å²) >= 11 is 0. The van der Waals surface area contributed by atoms with Crippen molar-refractivity contribution >= 4 is 17.8 Å². The third-order valence-electron chi connectivity index (χ3n) is 3.96. The average molecular weight is 268 g/mol. The Labute approximate surface area is 112 Å². The SMILES string of the molecule is CCOCC(C)N1C(=O)NC(=O)C2(CCCC2)C1=O. The molecule has 106 valence electrons.